The number of hydrogen-bond donors (Lipinski definition) is 1. The molecule has 2 aromatic rings. The number of nitrogens with zero attached hydrogens (tertiary/aromatic N) is 4. The fraction of sp³-hybridized carbons (Fsp3) is 0.588. The van der Waals surface area contributed by atoms with Crippen molar-refractivity contribution in [2.24, 2.45) is 5.92 Å². The van der Waals surface area contributed by atoms with Crippen LogP contribution in [-0.2, 0) is 21.4 Å². The summed E-state index contributed by atoms with van der Waals surface area (Å²) in [7, 11) is -3.63. The first-order valence-electron chi connectivity index (χ1n) is 8.96. The molecule has 1 aliphatic rings. The molecule has 0 aliphatic carbocycles. The van der Waals surface area contributed by atoms with Gasteiger partial charge in [-0.1, -0.05) is 12.1 Å². The Morgan fingerprint density at radius 3 is 2.56 bits per heavy atom. The largest absolute Gasteiger partial charge is 0.360 e. The van der Waals surface area contributed by atoms with Gasteiger partial charge in [0, 0.05) is 19.2 Å². The monoisotopic (exact) mass is 395 g/mol. The molecule has 148 valence electrons. The number of carbonyl (C=O) groups excluding carboxylic acids is 1. The third-order valence-corrected chi connectivity index (χ3v) is 7.00. The quantitative estimate of drug-likeness (QED) is 0.827. The van der Waals surface area contributed by atoms with Crippen LogP contribution >= 0.6 is 0 Å². The first kappa shape index (κ1) is 19.6. The maximum atomic E-state index is 13.1. The van der Waals surface area contributed by atoms with Crippen molar-refractivity contribution in [2.45, 2.75) is 52.0 Å². The van der Waals surface area contributed by atoms with E-state index in [4.69, 9.17) is 4.52 Å². The van der Waals surface area contributed by atoms with Gasteiger partial charge in [-0.05, 0) is 39.5 Å². The summed E-state index contributed by atoms with van der Waals surface area (Å²) in [6.07, 6.45) is 1.70. The van der Waals surface area contributed by atoms with E-state index >= 15 is 0 Å². The average molecular weight is 395 g/mol. The number of sulfonamides is 1. The van der Waals surface area contributed by atoms with E-state index in [0.29, 0.717) is 42.0 Å². The highest BCUT2D eigenvalue weighted by molar-refractivity contribution is 7.89. The lowest BCUT2D eigenvalue weighted by Crippen LogP contribution is -2.38. The number of carbonyl (C=O) groups is 1. The minimum absolute atomic E-state index is 0.106. The molecule has 1 aliphatic heterocycles. The van der Waals surface area contributed by atoms with E-state index in [9.17, 15) is 13.2 Å². The Kier molecular flexibility index (Phi) is 5.38. The zero-order valence-corrected chi connectivity index (χ0v) is 16.8. The van der Waals surface area contributed by atoms with Crippen LogP contribution in [0.5, 0.6) is 0 Å². The zero-order chi connectivity index (χ0) is 19.8. The van der Waals surface area contributed by atoms with Crippen molar-refractivity contribution in [1.29, 1.82) is 0 Å². The van der Waals surface area contributed by atoms with E-state index in [1.54, 1.807) is 26.8 Å². The van der Waals surface area contributed by atoms with Gasteiger partial charge in [0.15, 0.2) is 5.82 Å². The van der Waals surface area contributed by atoms with Crippen LogP contribution in [0.1, 0.15) is 36.9 Å². The number of rotatable bonds is 5. The van der Waals surface area contributed by atoms with E-state index in [0.717, 1.165) is 12.8 Å². The molecule has 1 amide bonds. The van der Waals surface area contributed by atoms with Crippen molar-refractivity contribution in [3.63, 3.8) is 0 Å². The van der Waals surface area contributed by atoms with Gasteiger partial charge in [-0.15, -0.1) is 0 Å². The lowest BCUT2D eigenvalue weighted by Gasteiger charge is -2.29. The fourth-order valence-corrected chi connectivity index (χ4v) is 5.15. The van der Waals surface area contributed by atoms with Gasteiger partial charge in [0.2, 0.25) is 15.9 Å². The van der Waals surface area contributed by atoms with Crippen molar-refractivity contribution >= 4 is 21.7 Å². The number of piperidine rings is 1. The van der Waals surface area contributed by atoms with Crippen LogP contribution in [0.2, 0.25) is 0 Å². The maximum absolute atomic E-state index is 13.1. The number of hydrogen-bond acceptors (Lipinski definition) is 6. The Morgan fingerprint density at radius 1 is 1.30 bits per heavy atom. The van der Waals surface area contributed by atoms with Crippen molar-refractivity contribution in [3.8, 4) is 0 Å². The number of amides is 1. The average Bonchev–Trinajstić information content (AvgIpc) is 3.11. The number of aromatic nitrogens is 3. The predicted molar refractivity (Wildman–Crippen MR) is 98.7 cm³/mol. The van der Waals surface area contributed by atoms with Crippen molar-refractivity contribution in [1.82, 2.24) is 19.2 Å². The molecule has 0 unspecified atom stereocenters. The topological polar surface area (TPSA) is 110 Å². The Balaban J connectivity index is 1.79. The van der Waals surface area contributed by atoms with E-state index in [-0.39, 0.29) is 17.3 Å². The SMILES string of the molecule is Cc1cc(NC(=O)Cn2nc(C)c(S(=O)(=O)N3CCC(C)CC3)c2C)no1. The smallest absolute Gasteiger partial charge is 0.247 e. The molecular formula is C17H25N5O4S. The lowest BCUT2D eigenvalue weighted by atomic mass is 10.0. The van der Waals surface area contributed by atoms with Crippen LogP contribution in [0, 0.1) is 26.7 Å². The molecule has 1 saturated heterocycles. The predicted octanol–water partition coefficient (Wildman–Crippen LogP) is 1.86. The van der Waals surface area contributed by atoms with Crippen molar-refractivity contribution < 1.29 is 17.7 Å². The molecule has 0 radical (unpaired) electrons. The molecule has 3 heterocycles. The number of anilines is 1. The van der Waals surface area contributed by atoms with Crippen molar-refractivity contribution in [2.75, 3.05) is 18.4 Å². The lowest BCUT2D eigenvalue weighted by molar-refractivity contribution is -0.117. The van der Waals surface area contributed by atoms with Gasteiger partial charge in [-0.25, -0.2) is 8.42 Å². The molecular weight excluding hydrogens is 370 g/mol. The summed E-state index contributed by atoms with van der Waals surface area (Å²) >= 11 is 0. The molecule has 1 fully saturated rings. The molecule has 3 rings (SSSR count). The molecule has 0 atom stereocenters. The molecule has 0 saturated carbocycles. The van der Waals surface area contributed by atoms with Crippen LogP contribution in [0.25, 0.3) is 0 Å². The second kappa shape index (κ2) is 7.43. The molecule has 10 heteroatoms. The highest BCUT2D eigenvalue weighted by atomic mass is 32.2. The summed E-state index contributed by atoms with van der Waals surface area (Å²) in [5.41, 5.74) is 0.855. The highest BCUT2D eigenvalue weighted by Crippen LogP contribution is 2.27. The summed E-state index contributed by atoms with van der Waals surface area (Å²) in [5, 5.41) is 10.6. The van der Waals surface area contributed by atoms with Gasteiger partial charge < -0.3 is 9.84 Å². The molecule has 1 N–H and O–H groups in total. The summed E-state index contributed by atoms with van der Waals surface area (Å²) in [6, 6.07) is 1.60. The minimum atomic E-state index is -3.63. The van der Waals surface area contributed by atoms with E-state index in [1.165, 1.54) is 8.99 Å². The first-order valence-corrected chi connectivity index (χ1v) is 10.4. The minimum Gasteiger partial charge on any atom is -0.360 e. The third-order valence-electron chi connectivity index (χ3n) is 4.84. The molecule has 0 spiro atoms. The second-order valence-corrected chi connectivity index (χ2v) is 8.99. The van der Waals surface area contributed by atoms with Crippen LogP contribution in [0.4, 0.5) is 5.82 Å². The molecule has 27 heavy (non-hydrogen) atoms. The fourth-order valence-electron chi connectivity index (χ4n) is 3.31. The van der Waals surface area contributed by atoms with Gasteiger partial charge in [-0.3, -0.25) is 9.48 Å². The number of nitrogens with one attached hydrogen (secondary N) is 1. The first-order chi connectivity index (χ1) is 12.7. The third kappa shape index (κ3) is 4.06. The Labute approximate surface area is 158 Å². The van der Waals surface area contributed by atoms with E-state index in [2.05, 4.69) is 22.5 Å². The van der Waals surface area contributed by atoms with Gasteiger partial charge in [0.1, 0.15) is 17.2 Å². The standard InChI is InChI=1S/C17H25N5O4S/c1-11-5-7-21(8-6-11)27(24,25)17-13(3)19-22(14(17)4)10-16(23)18-15-9-12(2)26-20-15/h9,11H,5-8,10H2,1-4H3,(H,18,20,23). The molecule has 2 aromatic heterocycles. The second-order valence-electron chi connectivity index (χ2n) is 7.12. The summed E-state index contributed by atoms with van der Waals surface area (Å²) in [5.74, 6) is 1.07. The summed E-state index contributed by atoms with van der Waals surface area (Å²) in [6.45, 7) is 8.11. The normalized spacial score (nSPS) is 16.6. The molecule has 9 nitrogen and oxygen atoms in total. The van der Waals surface area contributed by atoms with Crippen LogP contribution in [0.3, 0.4) is 0 Å². The van der Waals surface area contributed by atoms with Crippen LogP contribution in [0.15, 0.2) is 15.5 Å². The Morgan fingerprint density at radius 2 is 1.96 bits per heavy atom. The Bertz CT molecular complexity index is 939. The number of aryl methyl sites for hydroxylation is 2. The highest BCUT2D eigenvalue weighted by Gasteiger charge is 2.33. The van der Waals surface area contributed by atoms with Gasteiger partial charge in [0.25, 0.3) is 0 Å². The Hall–Kier alpha value is -2.20. The van der Waals surface area contributed by atoms with E-state index < -0.39 is 10.0 Å². The zero-order valence-electron chi connectivity index (χ0n) is 16.0. The van der Waals surface area contributed by atoms with Crippen molar-refractivity contribution in [3.05, 3.63) is 23.2 Å². The van der Waals surface area contributed by atoms with Crippen LogP contribution < -0.4 is 5.32 Å². The van der Waals surface area contributed by atoms with Gasteiger partial charge >= 0.3 is 0 Å². The molecule has 0 aromatic carbocycles. The van der Waals surface area contributed by atoms with Crippen LogP contribution in [-0.4, -0.2) is 46.7 Å². The van der Waals surface area contributed by atoms with Gasteiger partial charge in [-0.2, -0.15) is 9.40 Å². The summed E-state index contributed by atoms with van der Waals surface area (Å²) < 4.78 is 34.0. The van der Waals surface area contributed by atoms with Gasteiger partial charge in [0.05, 0.1) is 11.4 Å². The van der Waals surface area contributed by atoms with E-state index in [1.807, 2.05) is 0 Å². The summed E-state index contributed by atoms with van der Waals surface area (Å²) in [4.78, 5) is 12.4. The molecule has 0 bridgehead atoms. The maximum Gasteiger partial charge on any atom is 0.247 e.